The first-order chi connectivity index (χ1) is 12.8. The van der Waals surface area contributed by atoms with Crippen LogP contribution in [0.5, 0.6) is 0 Å². The molecule has 1 N–H and O–H groups in total. The second kappa shape index (κ2) is 6.25. The quantitative estimate of drug-likeness (QED) is 0.558. The highest BCUT2D eigenvalue weighted by atomic mass is 32.1. The Hall–Kier alpha value is -2.66. The molecule has 0 spiro atoms. The molecule has 0 saturated carbocycles. The van der Waals surface area contributed by atoms with E-state index in [1.807, 2.05) is 24.3 Å². The van der Waals surface area contributed by atoms with E-state index in [-0.39, 0.29) is 5.56 Å². The molecule has 0 radical (unpaired) electrons. The lowest BCUT2D eigenvalue weighted by Gasteiger charge is -2.28. The number of nitrogens with zero attached hydrogens (tertiary/aromatic N) is 2. The van der Waals surface area contributed by atoms with Crippen molar-refractivity contribution in [3.05, 3.63) is 58.2 Å². The maximum atomic E-state index is 12.8. The fourth-order valence-corrected chi connectivity index (χ4v) is 4.71. The standard InChI is InChI=1S/C21H19N3OS/c25-21-16-12-14(24-10-4-1-5-11-24)8-9-18(16)22-20(23-21)17-13-26-19-7-3-2-6-15(17)19/h2-3,6-9,12-13H,1,4-5,10-11H2,(H,22,23,25). The third-order valence-electron chi connectivity index (χ3n) is 5.15. The van der Waals surface area contributed by atoms with Gasteiger partial charge in [0.15, 0.2) is 0 Å². The summed E-state index contributed by atoms with van der Waals surface area (Å²) in [6.45, 7) is 2.13. The molecule has 0 amide bonds. The SMILES string of the molecule is O=c1[nH]c(-c2csc3ccccc23)nc2ccc(N3CCCCC3)cc12. The van der Waals surface area contributed by atoms with Crippen LogP contribution in [0.25, 0.3) is 32.4 Å². The number of nitrogens with one attached hydrogen (secondary N) is 1. The number of hydrogen-bond donors (Lipinski definition) is 1. The van der Waals surface area contributed by atoms with Gasteiger partial charge in [0.05, 0.1) is 10.9 Å². The topological polar surface area (TPSA) is 49.0 Å². The van der Waals surface area contributed by atoms with Crippen molar-refractivity contribution >= 4 is 38.0 Å². The Morgan fingerprint density at radius 3 is 2.73 bits per heavy atom. The number of thiophene rings is 1. The average Bonchev–Trinajstić information content (AvgIpc) is 3.12. The zero-order valence-electron chi connectivity index (χ0n) is 14.4. The number of aromatic nitrogens is 2. The molecule has 26 heavy (non-hydrogen) atoms. The Balaban J connectivity index is 1.62. The number of H-pyrrole nitrogens is 1. The number of fused-ring (bicyclic) bond motifs is 2. The minimum absolute atomic E-state index is 0.0702. The molecule has 0 bridgehead atoms. The monoisotopic (exact) mass is 361 g/mol. The molecule has 1 aliphatic rings. The van der Waals surface area contributed by atoms with Gasteiger partial charge in [-0.15, -0.1) is 11.3 Å². The Kier molecular flexibility index (Phi) is 3.75. The Bertz CT molecular complexity index is 1150. The molecule has 5 rings (SSSR count). The van der Waals surface area contributed by atoms with Crippen molar-refractivity contribution in [2.75, 3.05) is 18.0 Å². The van der Waals surface area contributed by atoms with Crippen molar-refractivity contribution in [1.82, 2.24) is 9.97 Å². The normalized spacial score (nSPS) is 15.0. The molecule has 4 nitrogen and oxygen atoms in total. The van der Waals surface area contributed by atoms with E-state index in [0.717, 1.165) is 35.2 Å². The zero-order valence-corrected chi connectivity index (χ0v) is 15.2. The van der Waals surface area contributed by atoms with E-state index in [2.05, 4.69) is 33.5 Å². The average molecular weight is 361 g/mol. The Labute approximate surface area is 155 Å². The fraction of sp³-hybridized carbons (Fsp3) is 0.238. The summed E-state index contributed by atoms with van der Waals surface area (Å²) in [5.41, 5.74) is 2.79. The van der Waals surface area contributed by atoms with Gasteiger partial charge in [0.25, 0.3) is 5.56 Å². The zero-order chi connectivity index (χ0) is 17.5. The molecule has 0 atom stereocenters. The minimum Gasteiger partial charge on any atom is -0.372 e. The van der Waals surface area contributed by atoms with E-state index in [1.165, 1.54) is 24.0 Å². The van der Waals surface area contributed by atoms with Gasteiger partial charge in [-0.05, 0) is 43.5 Å². The molecule has 1 aliphatic heterocycles. The predicted molar refractivity (Wildman–Crippen MR) is 109 cm³/mol. The van der Waals surface area contributed by atoms with Crippen molar-refractivity contribution in [3.63, 3.8) is 0 Å². The third kappa shape index (κ3) is 2.59. The summed E-state index contributed by atoms with van der Waals surface area (Å²) in [6, 6.07) is 14.3. The number of benzene rings is 2. The van der Waals surface area contributed by atoms with Crippen LogP contribution in [0, 0.1) is 0 Å². The molecule has 0 aliphatic carbocycles. The smallest absolute Gasteiger partial charge is 0.259 e. The van der Waals surface area contributed by atoms with Gasteiger partial charge in [-0.1, -0.05) is 18.2 Å². The summed E-state index contributed by atoms with van der Waals surface area (Å²) >= 11 is 1.67. The maximum Gasteiger partial charge on any atom is 0.259 e. The van der Waals surface area contributed by atoms with Crippen LogP contribution in [-0.4, -0.2) is 23.1 Å². The van der Waals surface area contributed by atoms with E-state index in [0.29, 0.717) is 11.2 Å². The molecule has 0 unspecified atom stereocenters. The lowest BCUT2D eigenvalue weighted by molar-refractivity contribution is 0.578. The summed E-state index contributed by atoms with van der Waals surface area (Å²) in [5.74, 6) is 0.644. The summed E-state index contributed by atoms with van der Waals surface area (Å²) < 4.78 is 1.20. The van der Waals surface area contributed by atoms with Crippen molar-refractivity contribution in [1.29, 1.82) is 0 Å². The number of anilines is 1. The minimum atomic E-state index is -0.0702. The van der Waals surface area contributed by atoms with Gasteiger partial charge in [0.2, 0.25) is 0 Å². The van der Waals surface area contributed by atoms with Crippen LogP contribution in [-0.2, 0) is 0 Å². The number of rotatable bonds is 2. The number of aromatic amines is 1. The van der Waals surface area contributed by atoms with Crippen molar-refractivity contribution < 1.29 is 0 Å². The summed E-state index contributed by atoms with van der Waals surface area (Å²) in [7, 11) is 0. The molecule has 1 saturated heterocycles. The van der Waals surface area contributed by atoms with Crippen LogP contribution in [0.4, 0.5) is 5.69 Å². The molecule has 2 aromatic heterocycles. The van der Waals surface area contributed by atoms with Gasteiger partial charge >= 0.3 is 0 Å². The largest absolute Gasteiger partial charge is 0.372 e. The molecule has 130 valence electrons. The van der Waals surface area contributed by atoms with E-state index in [1.54, 1.807) is 11.3 Å². The second-order valence-corrected chi connectivity index (χ2v) is 7.72. The Morgan fingerprint density at radius 1 is 1.00 bits per heavy atom. The van der Waals surface area contributed by atoms with E-state index < -0.39 is 0 Å². The first-order valence-electron chi connectivity index (χ1n) is 9.05. The highest BCUT2D eigenvalue weighted by Gasteiger charge is 2.14. The molecule has 2 aromatic carbocycles. The number of hydrogen-bond acceptors (Lipinski definition) is 4. The molecule has 1 fully saturated rings. The molecular formula is C21H19N3OS. The van der Waals surface area contributed by atoms with Gasteiger partial charge in [-0.2, -0.15) is 0 Å². The van der Waals surface area contributed by atoms with Crippen molar-refractivity contribution in [2.24, 2.45) is 0 Å². The van der Waals surface area contributed by atoms with E-state index in [4.69, 9.17) is 4.98 Å². The molecule has 5 heteroatoms. The van der Waals surface area contributed by atoms with Crippen LogP contribution in [0.3, 0.4) is 0 Å². The van der Waals surface area contributed by atoms with Crippen molar-refractivity contribution in [2.45, 2.75) is 19.3 Å². The fourth-order valence-electron chi connectivity index (χ4n) is 3.76. The van der Waals surface area contributed by atoms with Crippen LogP contribution < -0.4 is 10.5 Å². The van der Waals surface area contributed by atoms with Gasteiger partial charge in [0, 0.05) is 39.8 Å². The highest BCUT2D eigenvalue weighted by Crippen LogP contribution is 2.32. The van der Waals surface area contributed by atoms with Crippen LogP contribution in [0.2, 0.25) is 0 Å². The van der Waals surface area contributed by atoms with Crippen LogP contribution >= 0.6 is 11.3 Å². The molecule has 3 heterocycles. The summed E-state index contributed by atoms with van der Waals surface area (Å²) in [4.78, 5) is 22.9. The van der Waals surface area contributed by atoms with Crippen LogP contribution in [0.15, 0.2) is 52.6 Å². The first kappa shape index (κ1) is 15.6. The van der Waals surface area contributed by atoms with Gasteiger partial charge in [-0.25, -0.2) is 4.98 Å². The predicted octanol–water partition coefficient (Wildman–Crippen LogP) is 4.80. The highest BCUT2D eigenvalue weighted by molar-refractivity contribution is 7.17. The van der Waals surface area contributed by atoms with E-state index in [9.17, 15) is 4.79 Å². The second-order valence-electron chi connectivity index (χ2n) is 6.81. The lowest BCUT2D eigenvalue weighted by Crippen LogP contribution is -2.29. The Morgan fingerprint density at radius 2 is 1.85 bits per heavy atom. The van der Waals surface area contributed by atoms with Gasteiger partial charge in [-0.3, -0.25) is 4.79 Å². The maximum absolute atomic E-state index is 12.8. The summed E-state index contributed by atoms with van der Waals surface area (Å²) in [5, 5.41) is 3.86. The number of piperidine rings is 1. The summed E-state index contributed by atoms with van der Waals surface area (Å²) in [6.07, 6.45) is 3.73. The van der Waals surface area contributed by atoms with Crippen LogP contribution in [0.1, 0.15) is 19.3 Å². The third-order valence-corrected chi connectivity index (χ3v) is 6.11. The molecule has 4 aromatic rings. The lowest BCUT2D eigenvalue weighted by atomic mass is 10.1. The van der Waals surface area contributed by atoms with E-state index >= 15 is 0 Å². The first-order valence-corrected chi connectivity index (χ1v) is 9.93. The van der Waals surface area contributed by atoms with Gasteiger partial charge < -0.3 is 9.88 Å². The van der Waals surface area contributed by atoms with Gasteiger partial charge in [0.1, 0.15) is 5.82 Å². The molecular weight excluding hydrogens is 342 g/mol. The van der Waals surface area contributed by atoms with Crippen molar-refractivity contribution in [3.8, 4) is 11.4 Å².